The van der Waals surface area contributed by atoms with E-state index >= 15 is 0 Å². The van der Waals surface area contributed by atoms with Crippen molar-refractivity contribution in [3.8, 4) is 0 Å². The first-order valence-electron chi connectivity index (χ1n) is 10.4. The van der Waals surface area contributed by atoms with Gasteiger partial charge in [0, 0.05) is 0 Å². The number of aryl methyl sites for hydroxylation is 2. The van der Waals surface area contributed by atoms with Crippen LogP contribution in [-0.2, 0) is 26.2 Å². The van der Waals surface area contributed by atoms with Gasteiger partial charge in [0.2, 0.25) is 0 Å². The first kappa shape index (κ1) is 31.1. The molecule has 4 rings (SSSR count). The zero-order chi connectivity index (χ0) is 21.0. The van der Waals surface area contributed by atoms with Gasteiger partial charge in [0.15, 0.2) is 0 Å². The minimum Gasteiger partial charge on any atom is -1.00 e. The molecule has 0 amide bonds. The maximum Gasteiger partial charge on any atom is 4.00 e. The minimum atomic E-state index is -0.919. The van der Waals surface area contributed by atoms with Gasteiger partial charge in [0.05, 0.1) is 0 Å². The summed E-state index contributed by atoms with van der Waals surface area (Å²) in [6.07, 6.45) is 12.4. The van der Waals surface area contributed by atoms with E-state index in [0.717, 1.165) is 6.42 Å². The normalized spacial score (nSPS) is 16.3. The molecular weight excluding hydrogens is 527 g/mol. The zero-order valence-electron chi connectivity index (χ0n) is 19.8. The monoisotopic (exact) mass is 555 g/mol. The maximum absolute atomic E-state index is 3.56. The Bertz CT molecular complexity index is 972. The first-order valence-corrected chi connectivity index (χ1v) is 11.9. The quantitative estimate of drug-likeness (QED) is 0.365. The Morgan fingerprint density at radius 2 is 1.31 bits per heavy atom. The summed E-state index contributed by atoms with van der Waals surface area (Å²) in [4.78, 5) is 0. The van der Waals surface area contributed by atoms with Crippen LogP contribution < -0.4 is 35.2 Å². The average molecular weight is 558 g/mol. The SMILES string of the molecule is CC1=[C-]C(C)C(C)=C1C.Cc1ccccc1[Si](C1=[C-]CC=C1)c1ccccc1C.[Cl-].[Cl-].[Zr+4]. The fourth-order valence-corrected chi connectivity index (χ4v) is 6.80. The maximum atomic E-state index is 3.56. The number of allylic oxidation sites excluding steroid dienone is 8. The molecule has 2 aliphatic rings. The van der Waals surface area contributed by atoms with Gasteiger partial charge in [-0.3, -0.25) is 12.2 Å². The molecule has 0 bridgehead atoms. The summed E-state index contributed by atoms with van der Waals surface area (Å²) >= 11 is 0. The fourth-order valence-electron chi connectivity index (χ4n) is 3.88. The van der Waals surface area contributed by atoms with E-state index in [1.807, 2.05) is 0 Å². The Balaban J connectivity index is 0.000000690. The Morgan fingerprint density at radius 3 is 1.62 bits per heavy atom. The van der Waals surface area contributed by atoms with Gasteiger partial charge >= 0.3 is 26.2 Å². The van der Waals surface area contributed by atoms with Gasteiger partial charge in [-0.1, -0.05) is 96.7 Å². The molecule has 1 atom stereocenters. The van der Waals surface area contributed by atoms with Crippen molar-refractivity contribution in [1.82, 2.24) is 0 Å². The summed E-state index contributed by atoms with van der Waals surface area (Å²) in [5.41, 5.74) is 7.02. The summed E-state index contributed by atoms with van der Waals surface area (Å²) in [6.45, 7) is 13.1. The molecule has 0 spiro atoms. The summed E-state index contributed by atoms with van der Waals surface area (Å²) in [5, 5.41) is 4.38. The van der Waals surface area contributed by atoms with Crippen LogP contribution in [0.4, 0.5) is 0 Å². The van der Waals surface area contributed by atoms with Crippen LogP contribution in [0.3, 0.4) is 0 Å². The molecule has 0 aliphatic heterocycles. The third-order valence-electron chi connectivity index (χ3n) is 6.03. The second-order valence-corrected chi connectivity index (χ2v) is 10.4. The molecule has 2 aliphatic carbocycles. The molecular formula is C28H31Cl2SiZr. The Hall–Kier alpha value is -0.920. The van der Waals surface area contributed by atoms with Crippen molar-refractivity contribution in [2.24, 2.45) is 5.92 Å². The molecule has 0 N–H and O–H groups in total. The van der Waals surface area contributed by atoms with Crippen LogP contribution in [0.25, 0.3) is 0 Å². The second kappa shape index (κ2) is 14.4. The topological polar surface area (TPSA) is 0 Å². The molecule has 1 unspecified atom stereocenters. The summed E-state index contributed by atoms with van der Waals surface area (Å²) < 4.78 is 0. The van der Waals surface area contributed by atoms with Gasteiger partial charge in [-0.2, -0.15) is 17.2 Å². The van der Waals surface area contributed by atoms with E-state index in [4.69, 9.17) is 0 Å². The number of rotatable bonds is 3. The Labute approximate surface area is 228 Å². The van der Waals surface area contributed by atoms with Crippen molar-refractivity contribution in [2.45, 2.75) is 48.0 Å². The molecule has 0 aromatic heterocycles. The van der Waals surface area contributed by atoms with Crippen molar-refractivity contribution in [2.75, 3.05) is 0 Å². The largest absolute Gasteiger partial charge is 4.00 e. The number of halogens is 2. The number of hydrogen-bond acceptors (Lipinski definition) is 0. The molecule has 0 heterocycles. The van der Waals surface area contributed by atoms with Gasteiger partial charge in [-0.15, -0.1) is 13.3 Å². The second-order valence-electron chi connectivity index (χ2n) is 8.00. The predicted molar refractivity (Wildman–Crippen MR) is 128 cm³/mol. The molecule has 4 heteroatoms. The Morgan fingerprint density at radius 1 is 0.812 bits per heavy atom. The van der Waals surface area contributed by atoms with Crippen LogP contribution in [0, 0.1) is 31.9 Å². The smallest absolute Gasteiger partial charge is 1.00 e. The van der Waals surface area contributed by atoms with E-state index in [9.17, 15) is 0 Å². The van der Waals surface area contributed by atoms with Gasteiger partial charge < -0.3 is 24.8 Å². The van der Waals surface area contributed by atoms with E-state index < -0.39 is 8.80 Å². The molecule has 0 saturated carbocycles. The predicted octanol–water partition coefficient (Wildman–Crippen LogP) is -0.131. The van der Waals surface area contributed by atoms with Gasteiger partial charge in [0.1, 0.15) is 8.80 Å². The van der Waals surface area contributed by atoms with Crippen LogP contribution in [0.1, 0.15) is 45.2 Å². The van der Waals surface area contributed by atoms with Gasteiger partial charge in [-0.25, -0.2) is 16.8 Å². The molecule has 165 valence electrons. The van der Waals surface area contributed by atoms with Crippen LogP contribution in [0.2, 0.25) is 0 Å². The molecule has 0 saturated heterocycles. The van der Waals surface area contributed by atoms with E-state index in [0.29, 0.717) is 5.92 Å². The molecule has 2 aromatic carbocycles. The van der Waals surface area contributed by atoms with Gasteiger partial charge in [-0.05, 0) is 13.8 Å². The summed E-state index contributed by atoms with van der Waals surface area (Å²) in [6, 6.07) is 17.6. The fraction of sp³-hybridized carbons (Fsp3) is 0.286. The van der Waals surface area contributed by atoms with E-state index in [2.05, 4.69) is 114 Å². The Kier molecular flexibility index (Phi) is 14.0. The van der Waals surface area contributed by atoms with Crippen molar-refractivity contribution >= 4 is 19.2 Å². The van der Waals surface area contributed by atoms with Gasteiger partial charge in [0.25, 0.3) is 0 Å². The molecule has 0 nitrogen and oxygen atoms in total. The van der Waals surface area contributed by atoms with E-state index in [-0.39, 0.29) is 51.0 Å². The molecule has 0 fully saturated rings. The summed E-state index contributed by atoms with van der Waals surface area (Å²) in [7, 11) is -0.919. The first-order chi connectivity index (χ1) is 13.9. The standard InChI is InChI=1S/C19H18Si.C9H13.2ClH.Zr/c1-15-9-3-7-13-18(15)20(17-11-5-6-12-17)19-14-8-4-10-16(19)2;1-6-5-7(2)9(4)8(6)3;;;/h3-5,7-11,13-14H,6H2,1-2H3;6H,1-4H3;2*1H;/q2*-1;;;+4/p-2. The third kappa shape index (κ3) is 7.29. The van der Waals surface area contributed by atoms with Crippen LogP contribution in [0.5, 0.6) is 0 Å². The molecule has 1 radical (unpaired) electrons. The van der Waals surface area contributed by atoms with Crippen molar-refractivity contribution in [1.29, 1.82) is 0 Å². The van der Waals surface area contributed by atoms with E-state index in [1.54, 1.807) is 0 Å². The van der Waals surface area contributed by atoms with Crippen LogP contribution in [-0.4, -0.2) is 8.80 Å². The van der Waals surface area contributed by atoms with Crippen molar-refractivity contribution in [3.05, 3.63) is 106 Å². The molecule has 32 heavy (non-hydrogen) atoms. The summed E-state index contributed by atoms with van der Waals surface area (Å²) in [5.74, 6) is 0.560. The van der Waals surface area contributed by atoms with Crippen molar-refractivity contribution in [3.63, 3.8) is 0 Å². The molecule has 2 aromatic rings. The van der Waals surface area contributed by atoms with E-state index in [1.165, 1.54) is 43.4 Å². The number of hydrogen-bond donors (Lipinski definition) is 0. The zero-order valence-corrected chi connectivity index (χ0v) is 24.8. The van der Waals surface area contributed by atoms with Crippen LogP contribution in [0.15, 0.2) is 82.6 Å². The minimum absolute atomic E-state index is 0. The third-order valence-corrected chi connectivity index (χ3v) is 9.11. The number of benzene rings is 2. The average Bonchev–Trinajstić information content (AvgIpc) is 3.31. The van der Waals surface area contributed by atoms with Crippen LogP contribution >= 0.6 is 0 Å². The van der Waals surface area contributed by atoms with Crippen molar-refractivity contribution < 1.29 is 51.0 Å².